The van der Waals surface area contributed by atoms with Crippen LogP contribution in [0.3, 0.4) is 0 Å². The molecule has 0 amide bonds. The fourth-order valence-corrected chi connectivity index (χ4v) is 1.96. The summed E-state index contributed by atoms with van der Waals surface area (Å²) in [5.74, 6) is 3.79. The minimum atomic E-state index is -0.860. The molecule has 0 aliphatic heterocycles. The van der Waals surface area contributed by atoms with Crippen LogP contribution in [0.25, 0.3) is 0 Å². The van der Waals surface area contributed by atoms with Gasteiger partial charge in [-0.15, -0.1) is 0 Å². The summed E-state index contributed by atoms with van der Waals surface area (Å²) in [4.78, 5) is 0. The second-order valence-corrected chi connectivity index (χ2v) is 4.58. The zero-order valence-electron chi connectivity index (χ0n) is 10.7. The molecule has 19 heavy (non-hydrogen) atoms. The normalized spacial score (nSPS) is 12.4. The first-order valence-corrected chi connectivity index (χ1v) is 6.07. The van der Waals surface area contributed by atoms with Crippen LogP contribution in [0.1, 0.15) is 22.7 Å². The summed E-state index contributed by atoms with van der Waals surface area (Å²) in [6, 6.07) is 11.6. The Morgan fingerprint density at radius 2 is 1.74 bits per heavy atom. The number of hydrogen-bond acceptors (Lipinski definition) is 2. The molecule has 0 aliphatic carbocycles. The van der Waals surface area contributed by atoms with E-state index in [-0.39, 0.29) is 6.04 Å². The maximum absolute atomic E-state index is 13.2. The lowest BCUT2D eigenvalue weighted by Crippen LogP contribution is -2.29. The second-order valence-electron chi connectivity index (χ2n) is 4.58. The summed E-state index contributed by atoms with van der Waals surface area (Å²) in [7, 11) is 0. The quantitative estimate of drug-likeness (QED) is 0.656. The monoisotopic (exact) mass is 262 g/mol. The SMILES string of the molecule is Cc1ccc(CC(NN)c2ccc(F)c(F)c2)cc1. The van der Waals surface area contributed by atoms with E-state index in [0.29, 0.717) is 12.0 Å². The summed E-state index contributed by atoms with van der Waals surface area (Å²) >= 11 is 0. The Bertz CT molecular complexity index is 553. The summed E-state index contributed by atoms with van der Waals surface area (Å²) in [6.45, 7) is 2.01. The van der Waals surface area contributed by atoms with Crippen LogP contribution in [0, 0.1) is 18.6 Å². The van der Waals surface area contributed by atoms with Gasteiger partial charge in [-0.3, -0.25) is 11.3 Å². The first-order chi connectivity index (χ1) is 9.10. The lowest BCUT2D eigenvalue weighted by atomic mass is 9.98. The van der Waals surface area contributed by atoms with Crippen molar-refractivity contribution in [2.45, 2.75) is 19.4 Å². The van der Waals surface area contributed by atoms with Crippen LogP contribution in [-0.4, -0.2) is 0 Å². The molecule has 100 valence electrons. The molecule has 0 bridgehead atoms. The lowest BCUT2D eigenvalue weighted by molar-refractivity contribution is 0.497. The van der Waals surface area contributed by atoms with Crippen LogP contribution in [0.4, 0.5) is 8.78 Å². The number of halogens is 2. The highest BCUT2D eigenvalue weighted by Gasteiger charge is 2.13. The van der Waals surface area contributed by atoms with E-state index >= 15 is 0 Å². The van der Waals surface area contributed by atoms with Crippen molar-refractivity contribution in [1.29, 1.82) is 0 Å². The molecule has 0 saturated heterocycles. The number of rotatable bonds is 4. The Morgan fingerprint density at radius 1 is 1.05 bits per heavy atom. The molecule has 2 nitrogen and oxygen atoms in total. The second kappa shape index (κ2) is 5.91. The van der Waals surface area contributed by atoms with E-state index in [1.165, 1.54) is 17.7 Å². The van der Waals surface area contributed by atoms with Gasteiger partial charge in [0.25, 0.3) is 0 Å². The number of nitrogens with one attached hydrogen (secondary N) is 1. The van der Waals surface area contributed by atoms with Crippen LogP contribution >= 0.6 is 0 Å². The fourth-order valence-electron chi connectivity index (χ4n) is 1.96. The number of aryl methyl sites for hydroxylation is 1. The molecule has 0 aliphatic rings. The molecule has 0 aromatic heterocycles. The van der Waals surface area contributed by atoms with E-state index in [2.05, 4.69) is 5.43 Å². The summed E-state index contributed by atoms with van der Waals surface area (Å²) in [5.41, 5.74) is 5.52. The summed E-state index contributed by atoms with van der Waals surface area (Å²) in [5, 5.41) is 0. The Kier molecular flexibility index (Phi) is 4.24. The van der Waals surface area contributed by atoms with Gasteiger partial charge in [0, 0.05) is 0 Å². The number of hydrogen-bond donors (Lipinski definition) is 2. The van der Waals surface area contributed by atoms with E-state index in [1.807, 2.05) is 31.2 Å². The van der Waals surface area contributed by atoms with E-state index in [4.69, 9.17) is 5.84 Å². The smallest absolute Gasteiger partial charge is 0.159 e. The van der Waals surface area contributed by atoms with Crippen molar-refractivity contribution in [1.82, 2.24) is 5.43 Å². The molecule has 2 aromatic carbocycles. The minimum Gasteiger partial charge on any atom is -0.271 e. The number of hydrazine groups is 1. The number of nitrogens with two attached hydrogens (primary N) is 1. The van der Waals surface area contributed by atoms with Crippen molar-refractivity contribution in [2.75, 3.05) is 0 Å². The highest BCUT2D eigenvalue weighted by atomic mass is 19.2. The zero-order valence-corrected chi connectivity index (χ0v) is 10.7. The van der Waals surface area contributed by atoms with Crippen molar-refractivity contribution < 1.29 is 8.78 Å². The van der Waals surface area contributed by atoms with Gasteiger partial charge in [-0.05, 0) is 36.6 Å². The van der Waals surface area contributed by atoms with Gasteiger partial charge in [-0.25, -0.2) is 8.78 Å². The number of benzene rings is 2. The average molecular weight is 262 g/mol. The first kappa shape index (κ1) is 13.6. The van der Waals surface area contributed by atoms with Gasteiger partial charge >= 0.3 is 0 Å². The Balaban J connectivity index is 2.19. The molecule has 0 fully saturated rings. The van der Waals surface area contributed by atoms with Gasteiger partial charge in [-0.1, -0.05) is 35.9 Å². The highest BCUT2D eigenvalue weighted by molar-refractivity contribution is 5.26. The van der Waals surface area contributed by atoms with Crippen LogP contribution in [0.2, 0.25) is 0 Å². The van der Waals surface area contributed by atoms with Crippen molar-refractivity contribution in [2.24, 2.45) is 5.84 Å². The molecule has 3 N–H and O–H groups in total. The molecule has 1 atom stereocenters. The van der Waals surface area contributed by atoms with Crippen molar-refractivity contribution in [3.63, 3.8) is 0 Å². The molecule has 2 aromatic rings. The predicted molar refractivity (Wildman–Crippen MR) is 71.3 cm³/mol. The van der Waals surface area contributed by atoms with Gasteiger partial charge in [0.15, 0.2) is 11.6 Å². The Labute approximate surface area is 111 Å². The van der Waals surface area contributed by atoms with Gasteiger partial charge in [0.05, 0.1) is 6.04 Å². The third kappa shape index (κ3) is 3.36. The zero-order chi connectivity index (χ0) is 13.8. The molecule has 0 saturated carbocycles. The maximum atomic E-state index is 13.2. The van der Waals surface area contributed by atoms with Gasteiger partial charge in [0.1, 0.15) is 0 Å². The van der Waals surface area contributed by atoms with Gasteiger partial charge in [0.2, 0.25) is 0 Å². The average Bonchev–Trinajstić information content (AvgIpc) is 2.41. The van der Waals surface area contributed by atoms with Crippen LogP contribution in [-0.2, 0) is 6.42 Å². The molecule has 0 spiro atoms. The third-order valence-electron chi connectivity index (χ3n) is 3.11. The molecule has 2 rings (SSSR count). The van der Waals surface area contributed by atoms with E-state index < -0.39 is 11.6 Å². The topological polar surface area (TPSA) is 38.0 Å². The maximum Gasteiger partial charge on any atom is 0.159 e. The predicted octanol–water partition coefficient (Wildman–Crippen LogP) is 3.02. The fraction of sp³-hybridized carbons (Fsp3) is 0.200. The minimum absolute atomic E-state index is 0.252. The van der Waals surface area contributed by atoms with Crippen molar-refractivity contribution in [3.8, 4) is 0 Å². The van der Waals surface area contributed by atoms with E-state index in [0.717, 1.165) is 11.6 Å². The molecule has 1 unspecified atom stereocenters. The summed E-state index contributed by atoms with van der Waals surface area (Å²) in [6.07, 6.45) is 0.613. The molecular weight excluding hydrogens is 246 g/mol. The van der Waals surface area contributed by atoms with Crippen LogP contribution in [0.15, 0.2) is 42.5 Å². The molecule has 4 heteroatoms. The van der Waals surface area contributed by atoms with Crippen molar-refractivity contribution in [3.05, 3.63) is 70.8 Å². The van der Waals surface area contributed by atoms with Gasteiger partial charge < -0.3 is 0 Å². The largest absolute Gasteiger partial charge is 0.271 e. The Hall–Kier alpha value is -1.78. The molecular formula is C15H16F2N2. The molecule has 0 heterocycles. The highest BCUT2D eigenvalue weighted by Crippen LogP contribution is 2.20. The standard InChI is InChI=1S/C15H16F2N2/c1-10-2-4-11(5-3-10)8-15(19-18)12-6-7-13(16)14(17)9-12/h2-7,9,15,19H,8,18H2,1H3. The van der Waals surface area contributed by atoms with E-state index in [1.54, 1.807) is 0 Å². The van der Waals surface area contributed by atoms with Crippen LogP contribution in [0.5, 0.6) is 0 Å². The van der Waals surface area contributed by atoms with E-state index in [9.17, 15) is 8.78 Å². The Morgan fingerprint density at radius 3 is 2.32 bits per heavy atom. The van der Waals surface area contributed by atoms with Crippen molar-refractivity contribution >= 4 is 0 Å². The first-order valence-electron chi connectivity index (χ1n) is 6.07. The molecule has 0 radical (unpaired) electrons. The third-order valence-corrected chi connectivity index (χ3v) is 3.11. The summed E-state index contributed by atoms with van der Waals surface area (Å²) < 4.78 is 26.1. The van der Waals surface area contributed by atoms with Gasteiger partial charge in [-0.2, -0.15) is 0 Å². The van der Waals surface area contributed by atoms with Crippen LogP contribution < -0.4 is 11.3 Å². The lowest BCUT2D eigenvalue weighted by Gasteiger charge is -2.16.